The first-order valence-electron chi connectivity index (χ1n) is 17.6. The number of unbranched alkanes of at least 4 members (excludes halogenated alkanes) is 2. The molecule has 0 fully saturated rings. The van der Waals surface area contributed by atoms with Crippen LogP contribution < -0.4 is 0 Å². The topological polar surface area (TPSA) is 146 Å². The first kappa shape index (κ1) is 34.1. The van der Waals surface area contributed by atoms with Crippen molar-refractivity contribution >= 4 is 82.6 Å². The fourth-order valence-electron chi connectivity index (χ4n) is 8.48. The fraction of sp³-hybridized carbons (Fsp3) is 0.341. The Bertz CT molecular complexity index is 2510. The third kappa shape index (κ3) is 4.61. The van der Waals surface area contributed by atoms with Gasteiger partial charge in [0.2, 0.25) is 0 Å². The van der Waals surface area contributed by atoms with Gasteiger partial charge in [0.05, 0.1) is 51.6 Å². The van der Waals surface area contributed by atoms with E-state index in [9.17, 15) is 35.0 Å². The highest BCUT2D eigenvalue weighted by Crippen LogP contribution is 2.51. The highest BCUT2D eigenvalue weighted by molar-refractivity contribution is 9.10. The Morgan fingerprint density at radius 3 is 1.20 bits per heavy atom. The largest absolute Gasteiger partial charge is 0.271 e. The maximum absolute atomic E-state index is 14.3. The maximum Gasteiger partial charge on any atom is 0.261 e. The first-order valence-corrected chi connectivity index (χ1v) is 18.4. The number of hydrogen-bond acceptors (Lipinski definition) is 7. The van der Waals surface area contributed by atoms with Crippen molar-refractivity contribution in [2.24, 2.45) is 0 Å². The Balaban J connectivity index is 1.66. The van der Waals surface area contributed by atoms with Gasteiger partial charge in [-0.15, -0.1) is 0 Å². The highest BCUT2D eigenvalue weighted by Gasteiger charge is 2.42. The molecule has 7 rings (SSSR count). The molecule has 5 aromatic carbocycles. The van der Waals surface area contributed by atoms with Crippen LogP contribution in [0.1, 0.15) is 137 Å². The minimum atomic E-state index is -0.505. The molecule has 0 spiro atoms. The molecule has 2 aliphatic rings. The summed E-state index contributed by atoms with van der Waals surface area (Å²) in [5.74, 6) is -1.95. The Labute approximate surface area is 303 Å². The second kappa shape index (κ2) is 12.7. The Morgan fingerprint density at radius 2 is 0.863 bits per heavy atom. The normalized spacial score (nSPS) is 15.3. The Hall–Kier alpha value is -5.37. The van der Waals surface area contributed by atoms with E-state index in [-0.39, 0.29) is 51.0 Å². The number of nitrogens with zero attached hydrogens (tertiary/aromatic N) is 5. The van der Waals surface area contributed by atoms with Gasteiger partial charge in [0, 0.05) is 65.2 Å². The highest BCUT2D eigenvalue weighted by atomic mass is 79.9. The van der Waals surface area contributed by atoms with Gasteiger partial charge >= 0.3 is 0 Å². The molecule has 4 amide bonds. The number of hydrogen-bond donors (Lipinski definition) is 0. The molecule has 2 heterocycles. The zero-order valence-corrected chi connectivity index (χ0v) is 30.5. The summed E-state index contributed by atoms with van der Waals surface area (Å²) in [5.41, 5.74) is 1.17. The van der Waals surface area contributed by atoms with Crippen molar-refractivity contribution in [1.29, 1.82) is 15.8 Å². The van der Waals surface area contributed by atoms with Gasteiger partial charge in [0.15, 0.2) is 0 Å². The SMILES string of the molecule is CCCCC(CC)N1C(=O)c2cc(Br)c3c4c(C#N)cc5c6c(cc(C#N)c(c7c(C#N)cc(c2c37)C1=O)c64)C(=O)N(C(CC)CCCC)C5=O. The molecule has 0 bridgehead atoms. The average Bonchev–Trinajstić information content (AvgIpc) is 3.14. The number of carbonyl (C=O) groups excluding carboxylic acids is 4. The lowest BCUT2D eigenvalue weighted by atomic mass is 9.78. The van der Waals surface area contributed by atoms with Crippen LogP contribution in [0.3, 0.4) is 0 Å². The van der Waals surface area contributed by atoms with Crippen molar-refractivity contribution in [3.05, 3.63) is 67.7 Å². The summed E-state index contributed by atoms with van der Waals surface area (Å²) in [6.07, 6.45) is 5.84. The predicted octanol–water partition coefficient (Wildman–Crippen LogP) is 9.24. The number of carbonyl (C=O) groups is 4. The van der Waals surface area contributed by atoms with Crippen molar-refractivity contribution in [2.75, 3.05) is 0 Å². The summed E-state index contributed by atoms with van der Waals surface area (Å²) in [6, 6.07) is 12.2. The van der Waals surface area contributed by atoms with Gasteiger partial charge in [0.1, 0.15) is 0 Å². The molecule has 0 saturated heterocycles. The Kier molecular flexibility index (Phi) is 8.52. The van der Waals surface area contributed by atoms with Crippen LogP contribution in [0.15, 0.2) is 28.7 Å². The smallest absolute Gasteiger partial charge is 0.261 e. The van der Waals surface area contributed by atoms with Gasteiger partial charge < -0.3 is 0 Å². The molecule has 2 atom stereocenters. The maximum atomic E-state index is 14.3. The van der Waals surface area contributed by atoms with Gasteiger partial charge in [-0.1, -0.05) is 69.3 Å². The van der Waals surface area contributed by atoms with Crippen LogP contribution in [-0.4, -0.2) is 45.5 Å². The summed E-state index contributed by atoms with van der Waals surface area (Å²) in [7, 11) is 0. The van der Waals surface area contributed by atoms with E-state index in [1.165, 1.54) is 28.0 Å². The zero-order valence-electron chi connectivity index (χ0n) is 28.9. The van der Waals surface area contributed by atoms with Crippen molar-refractivity contribution in [3.63, 3.8) is 0 Å². The van der Waals surface area contributed by atoms with E-state index < -0.39 is 23.6 Å². The number of fused-ring (bicyclic) bond motifs is 2. The van der Waals surface area contributed by atoms with E-state index in [0.717, 1.165) is 25.7 Å². The van der Waals surface area contributed by atoms with Gasteiger partial charge in [-0.3, -0.25) is 29.0 Å². The quantitative estimate of drug-likeness (QED) is 0.0788. The predicted molar refractivity (Wildman–Crippen MR) is 198 cm³/mol. The van der Waals surface area contributed by atoms with E-state index in [0.29, 0.717) is 73.2 Å². The molecule has 51 heavy (non-hydrogen) atoms. The van der Waals surface area contributed by atoms with Crippen molar-refractivity contribution in [1.82, 2.24) is 9.80 Å². The number of nitriles is 3. The van der Waals surface area contributed by atoms with E-state index in [1.807, 2.05) is 20.8 Å². The lowest BCUT2D eigenvalue weighted by Gasteiger charge is -2.35. The summed E-state index contributed by atoms with van der Waals surface area (Å²) >= 11 is 3.71. The standard InChI is InChI=1S/C41H34BrN5O4/c1-5-9-11-23(7-3)46-38(48)25-13-20(17-43)30-31-21(18-44)14-27-34-28(41(51)47(40(27)50)24(8-4)12-10-6-2)16-29(42)35(37(31)34)32-22(19-45)15-26(39(46)49)33(25)36(30)32/h13-16,23-24H,5-12H2,1-4H3. The van der Waals surface area contributed by atoms with Gasteiger partial charge in [-0.2, -0.15) is 15.8 Å². The summed E-state index contributed by atoms with van der Waals surface area (Å²) < 4.78 is 0.443. The molecule has 0 radical (unpaired) electrons. The molecule has 2 unspecified atom stereocenters. The summed E-state index contributed by atoms with van der Waals surface area (Å²) in [6.45, 7) is 7.96. The summed E-state index contributed by atoms with van der Waals surface area (Å²) in [4.78, 5) is 59.9. The lowest BCUT2D eigenvalue weighted by Crippen LogP contribution is -2.47. The molecule has 0 aliphatic carbocycles. The number of benzene rings is 5. The van der Waals surface area contributed by atoms with Crippen LogP contribution in [0.2, 0.25) is 0 Å². The van der Waals surface area contributed by atoms with Gasteiger partial charge in [-0.25, -0.2) is 0 Å². The minimum Gasteiger partial charge on any atom is -0.271 e. The van der Waals surface area contributed by atoms with Crippen LogP contribution in [-0.2, 0) is 0 Å². The number of amides is 4. The van der Waals surface area contributed by atoms with Gasteiger partial charge in [-0.05, 0) is 49.9 Å². The molecule has 5 aromatic rings. The van der Waals surface area contributed by atoms with E-state index in [4.69, 9.17) is 0 Å². The van der Waals surface area contributed by atoms with E-state index in [2.05, 4.69) is 41.1 Å². The lowest BCUT2D eigenvalue weighted by molar-refractivity contribution is 0.0508. The van der Waals surface area contributed by atoms with Crippen LogP contribution in [0.4, 0.5) is 0 Å². The zero-order chi connectivity index (χ0) is 36.5. The number of imide groups is 2. The van der Waals surface area contributed by atoms with E-state index in [1.54, 1.807) is 6.07 Å². The fourth-order valence-corrected chi connectivity index (χ4v) is 9.11. The van der Waals surface area contributed by atoms with Crippen molar-refractivity contribution in [3.8, 4) is 18.2 Å². The molecule has 10 heteroatoms. The molecular formula is C41H34BrN5O4. The summed E-state index contributed by atoms with van der Waals surface area (Å²) in [5, 5.41) is 35.0. The van der Waals surface area contributed by atoms with Crippen molar-refractivity contribution in [2.45, 2.75) is 91.1 Å². The molecule has 0 aromatic heterocycles. The van der Waals surface area contributed by atoms with Crippen LogP contribution in [0.5, 0.6) is 0 Å². The monoisotopic (exact) mass is 739 g/mol. The number of halogens is 1. The Morgan fingerprint density at radius 1 is 0.529 bits per heavy atom. The molecule has 2 aliphatic heterocycles. The van der Waals surface area contributed by atoms with Crippen LogP contribution in [0, 0.1) is 34.0 Å². The second-order valence-electron chi connectivity index (χ2n) is 13.5. The molecule has 254 valence electrons. The average molecular weight is 741 g/mol. The molecule has 0 N–H and O–H groups in total. The number of rotatable bonds is 10. The molecule has 0 saturated carbocycles. The molecular weight excluding hydrogens is 706 g/mol. The van der Waals surface area contributed by atoms with E-state index >= 15 is 0 Å². The minimum absolute atomic E-state index is 0.0868. The van der Waals surface area contributed by atoms with Gasteiger partial charge in [0.25, 0.3) is 23.6 Å². The third-order valence-electron chi connectivity index (χ3n) is 10.9. The van der Waals surface area contributed by atoms with Crippen LogP contribution >= 0.6 is 15.9 Å². The second-order valence-corrected chi connectivity index (χ2v) is 14.4. The third-order valence-corrected chi connectivity index (χ3v) is 11.5. The molecule has 9 nitrogen and oxygen atoms in total. The van der Waals surface area contributed by atoms with Crippen LogP contribution in [0.25, 0.3) is 43.1 Å². The first-order chi connectivity index (χ1) is 24.6. The van der Waals surface area contributed by atoms with Crippen molar-refractivity contribution < 1.29 is 19.2 Å².